The SMILES string of the molecule is CCNC(=NCCc1ccc(S(C)(=O)=O)cc1)N1CCCC(CC(N)=O)C1.I. The Kier molecular flexibility index (Phi) is 10.2. The Morgan fingerprint density at radius 3 is 2.57 bits per heavy atom. The predicted octanol–water partition coefficient (Wildman–Crippen LogP) is 1.80. The molecule has 0 aromatic heterocycles. The van der Waals surface area contributed by atoms with Gasteiger partial charge in [-0.15, -0.1) is 24.0 Å². The van der Waals surface area contributed by atoms with Crippen LogP contribution in [0, 0.1) is 5.92 Å². The van der Waals surface area contributed by atoms with Crippen molar-refractivity contribution in [2.75, 3.05) is 32.4 Å². The summed E-state index contributed by atoms with van der Waals surface area (Å²) in [5.41, 5.74) is 6.39. The van der Waals surface area contributed by atoms with Crippen molar-refractivity contribution in [2.45, 2.75) is 37.5 Å². The number of piperidine rings is 1. The van der Waals surface area contributed by atoms with Crippen LogP contribution in [-0.2, 0) is 21.1 Å². The van der Waals surface area contributed by atoms with Crippen molar-refractivity contribution >= 4 is 45.7 Å². The van der Waals surface area contributed by atoms with E-state index in [1.54, 1.807) is 12.1 Å². The molecule has 1 aromatic rings. The zero-order valence-electron chi connectivity index (χ0n) is 16.6. The molecule has 7 nitrogen and oxygen atoms in total. The third-order valence-corrected chi connectivity index (χ3v) is 5.79. The minimum absolute atomic E-state index is 0. The van der Waals surface area contributed by atoms with Crippen molar-refractivity contribution in [2.24, 2.45) is 16.6 Å². The molecule has 1 unspecified atom stereocenters. The summed E-state index contributed by atoms with van der Waals surface area (Å²) >= 11 is 0. The maximum absolute atomic E-state index is 11.5. The number of benzene rings is 1. The number of aliphatic imine (C=N–C) groups is 1. The first-order chi connectivity index (χ1) is 12.8. The van der Waals surface area contributed by atoms with E-state index in [1.807, 2.05) is 19.1 Å². The number of likely N-dealkylation sites (tertiary alicyclic amines) is 1. The average Bonchev–Trinajstić information content (AvgIpc) is 2.60. The van der Waals surface area contributed by atoms with Crippen LogP contribution in [0.5, 0.6) is 0 Å². The molecule has 0 spiro atoms. The summed E-state index contributed by atoms with van der Waals surface area (Å²) in [6, 6.07) is 6.95. The molecule has 0 bridgehead atoms. The molecule has 0 aliphatic carbocycles. The van der Waals surface area contributed by atoms with Crippen LogP contribution in [0.4, 0.5) is 0 Å². The molecule has 1 aromatic carbocycles. The summed E-state index contributed by atoms with van der Waals surface area (Å²) in [4.78, 5) is 18.5. The highest BCUT2D eigenvalue weighted by molar-refractivity contribution is 14.0. The highest BCUT2D eigenvalue weighted by Crippen LogP contribution is 2.19. The molecular formula is C19H31IN4O3S. The molecule has 1 atom stereocenters. The number of hydrogen-bond acceptors (Lipinski definition) is 4. The molecule has 1 fully saturated rings. The number of sulfone groups is 1. The summed E-state index contributed by atoms with van der Waals surface area (Å²) in [6.45, 7) is 5.13. The van der Waals surface area contributed by atoms with Gasteiger partial charge in [0.2, 0.25) is 5.91 Å². The third-order valence-electron chi connectivity index (χ3n) is 4.66. The summed E-state index contributed by atoms with van der Waals surface area (Å²) in [7, 11) is -3.17. The highest BCUT2D eigenvalue weighted by Gasteiger charge is 2.23. The Morgan fingerprint density at radius 2 is 2.00 bits per heavy atom. The van der Waals surface area contributed by atoms with Crippen LogP contribution in [0.25, 0.3) is 0 Å². The van der Waals surface area contributed by atoms with E-state index in [4.69, 9.17) is 10.7 Å². The predicted molar refractivity (Wildman–Crippen MR) is 123 cm³/mol. The van der Waals surface area contributed by atoms with Crippen molar-refractivity contribution in [3.05, 3.63) is 29.8 Å². The second-order valence-corrected chi connectivity index (χ2v) is 9.04. The standard InChI is InChI=1S/C19H30N4O3S.HI/c1-3-21-19(23-12-4-5-16(14-23)13-18(20)24)22-11-10-15-6-8-17(9-7-15)27(2,25)26;/h6-9,16H,3-5,10-14H2,1-2H3,(H2,20,24)(H,21,22);1H. The number of nitrogens with zero attached hydrogens (tertiary/aromatic N) is 2. The first kappa shape index (κ1) is 24.7. The Bertz CT molecular complexity index is 766. The largest absolute Gasteiger partial charge is 0.370 e. The van der Waals surface area contributed by atoms with Crippen LogP contribution < -0.4 is 11.1 Å². The van der Waals surface area contributed by atoms with E-state index in [0.717, 1.165) is 50.4 Å². The summed E-state index contributed by atoms with van der Waals surface area (Å²) in [5.74, 6) is 0.893. The van der Waals surface area contributed by atoms with Gasteiger partial charge in [-0.25, -0.2) is 8.42 Å². The van der Waals surface area contributed by atoms with Gasteiger partial charge in [0.05, 0.1) is 4.90 Å². The number of primary amides is 1. The fourth-order valence-electron chi connectivity index (χ4n) is 3.33. The monoisotopic (exact) mass is 522 g/mol. The van der Waals surface area contributed by atoms with Gasteiger partial charge in [0.15, 0.2) is 15.8 Å². The zero-order valence-corrected chi connectivity index (χ0v) is 19.7. The summed E-state index contributed by atoms with van der Waals surface area (Å²) in [6.07, 6.45) is 4.40. The number of rotatable bonds is 7. The molecule has 9 heteroatoms. The van der Waals surface area contributed by atoms with Gasteiger partial charge in [0.25, 0.3) is 0 Å². The van der Waals surface area contributed by atoms with Crippen molar-refractivity contribution < 1.29 is 13.2 Å². The lowest BCUT2D eigenvalue weighted by Gasteiger charge is -2.34. The molecule has 1 aliphatic heterocycles. The van der Waals surface area contributed by atoms with Crippen molar-refractivity contribution in [1.82, 2.24) is 10.2 Å². The van der Waals surface area contributed by atoms with Gasteiger partial charge >= 0.3 is 0 Å². The molecule has 1 heterocycles. The van der Waals surface area contributed by atoms with E-state index in [-0.39, 0.29) is 35.8 Å². The fraction of sp³-hybridized carbons (Fsp3) is 0.579. The van der Waals surface area contributed by atoms with Crippen LogP contribution >= 0.6 is 24.0 Å². The van der Waals surface area contributed by atoms with E-state index in [0.29, 0.717) is 17.9 Å². The number of halogens is 1. The van der Waals surface area contributed by atoms with Crippen molar-refractivity contribution in [1.29, 1.82) is 0 Å². The van der Waals surface area contributed by atoms with Gasteiger partial charge in [-0.3, -0.25) is 9.79 Å². The average molecular weight is 522 g/mol. The quantitative estimate of drug-likeness (QED) is 0.323. The van der Waals surface area contributed by atoms with Gasteiger partial charge in [-0.1, -0.05) is 12.1 Å². The van der Waals surface area contributed by atoms with Crippen molar-refractivity contribution in [3.63, 3.8) is 0 Å². The minimum Gasteiger partial charge on any atom is -0.370 e. The molecule has 1 saturated heterocycles. The lowest BCUT2D eigenvalue weighted by atomic mass is 9.95. The van der Waals surface area contributed by atoms with Crippen LogP contribution in [0.3, 0.4) is 0 Å². The Hall–Kier alpha value is -1.36. The smallest absolute Gasteiger partial charge is 0.217 e. The molecule has 3 N–H and O–H groups in total. The normalized spacial score (nSPS) is 17.7. The van der Waals surface area contributed by atoms with E-state index in [2.05, 4.69) is 10.2 Å². The van der Waals surface area contributed by atoms with Crippen LogP contribution in [-0.4, -0.2) is 57.6 Å². The fourth-order valence-corrected chi connectivity index (χ4v) is 3.96. The number of nitrogens with one attached hydrogen (secondary N) is 1. The Balaban J connectivity index is 0.00000392. The molecule has 1 aliphatic rings. The van der Waals surface area contributed by atoms with E-state index in [9.17, 15) is 13.2 Å². The third kappa shape index (κ3) is 7.94. The van der Waals surface area contributed by atoms with Gasteiger partial charge in [-0.05, 0) is 49.8 Å². The lowest BCUT2D eigenvalue weighted by Crippen LogP contribution is -2.47. The minimum atomic E-state index is -3.17. The van der Waals surface area contributed by atoms with Crippen LogP contribution in [0.15, 0.2) is 34.2 Å². The van der Waals surface area contributed by atoms with E-state index < -0.39 is 9.84 Å². The van der Waals surface area contributed by atoms with Gasteiger partial charge in [-0.2, -0.15) is 0 Å². The van der Waals surface area contributed by atoms with Gasteiger partial charge in [0.1, 0.15) is 0 Å². The lowest BCUT2D eigenvalue weighted by molar-refractivity contribution is -0.119. The molecule has 158 valence electrons. The second kappa shape index (κ2) is 11.6. The van der Waals surface area contributed by atoms with Gasteiger partial charge in [0, 0.05) is 38.9 Å². The van der Waals surface area contributed by atoms with Crippen LogP contribution in [0.2, 0.25) is 0 Å². The number of hydrogen-bond donors (Lipinski definition) is 2. The Morgan fingerprint density at radius 1 is 1.32 bits per heavy atom. The zero-order chi connectivity index (χ0) is 19.9. The number of amides is 1. The second-order valence-electron chi connectivity index (χ2n) is 7.03. The molecule has 1 amide bonds. The summed E-state index contributed by atoms with van der Waals surface area (Å²) < 4.78 is 23.0. The molecular weight excluding hydrogens is 491 g/mol. The Labute approximate surface area is 185 Å². The highest BCUT2D eigenvalue weighted by atomic mass is 127. The summed E-state index contributed by atoms with van der Waals surface area (Å²) in [5, 5.41) is 3.32. The number of carbonyl (C=O) groups is 1. The molecule has 0 saturated carbocycles. The van der Waals surface area contributed by atoms with Crippen LogP contribution in [0.1, 0.15) is 31.7 Å². The van der Waals surface area contributed by atoms with E-state index >= 15 is 0 Å². The maximum Gasteiger partial charge on any atom is 0.217 e. The molecule has 28 heavy (non-hydrogen) atoms. The number of nitrogens with two attached hydrogens (primary N) is 1. The topological polar surface area (TPSA) is 105 Å². The maximum atomic E-state index is 11.5. The molecule has 2 rings (SSSR count). The number of guanidine groups is 1. The van der Waals surface area contributed by atoms with E-state index in [1.165, 1.54) is 6.26 Å². The van der Waals surface area contributed by atoms with Crippen molar-refractivity contribution in [3.8, 4) is 0 Å². The van der Waals surface area contributed by atoms with Gasteiger partial charge < -0.3 is 16.0 Å². The first-order valence-electron chi connectivity index (χ1n) is 9.40. The molecule has 0 radical (unpaired) electrons. The number of carbonyl (C=O) groups excluding carboxylic acids is 1. The first-order valence-corrected chi connectivity index (χ1v) is 11.3.